The maximum absolute atomic E-state index is 11.0. The van der Waals surface area contributed by atoms with Gasteiger partial charge in [0.05, 0.1) is 6.61 Å². The molecule has 0 atom stereocenters. The van der Waals surface area contributed by atoms with Crippen molar-refractivity contribution in [2.45, 2.75) is 32.6 Å². The largest absolute Gasteiger partial charge is 0.494 e. The van der Waals surface area contributed by atoms with Gasteiger partial charge in [-0.3, -0.25) is 0 Å². The molecule has 4 nitrogen and oxygen atoms in total. The lowest BCUT2D eigenvalue weighted by Crippen LogP contribution is -2.44. The van der Waals surface area contributed by atoms with Gasteiger partial charge in [0.15, 0.2) is 0 Å². The van der Waals surface area contributed by atoms with E-state index in [9.17, 15) is 4.79 Å². The third-order valence-corrected chi connectivity index (χ3v) is 4.42. The van der Waals surface area contributed by atoms with Gasteiger partial charge in [0.2, 0.25) is 0 Å². The van der Waals surface area contributed by atoms with E-state index in [0.717, 1.165) is 25.2 Å². The van der Waals surface area contributed by atoms with Crippen LogP contribution in [0.2, 0.25) is 0 Å². The van der Waals surface area contributed by atoms with Gasteiger partial charge in [-0.15, -0.1) is 12.4 Å². The molecule has 0 aromatic heterocycles. The van der Waals surface area contributed by atoms with Gasteiger partial charge in [0, 0.05) is 32.6 Å². The van der Waals surface area contributed by atoms with Crippen molar-refractivity contribution in [3.8, 4) is 5.75 Å². The van der Waals surface area contributed by atoms with Crippen LogP contribution in [0.5, 0.6) is 5.75 Å². The van der Waals surface area contributed by atoms with Crippen LogP contribution >= 0.6 is 12.4 Å². The Labute approximate surface area is 152 Å². The number of hydrogen-bond acceptors (Lipinski definition) is 4. The fourth-order valence-corrected chi connectivity index (χ4v) is 2.77. The first-order chi connectivity index (χ1) is 11.1. The molecular weight excluding hydrogens is 324 g/mol. The Balaban J connectivity index is 0.00000288. The Morgan fingerprint density at radius 2 is 1.75 bits per heavy atom. The average Bonchev–Trinajstić information content (AvgIpc) is 2.55. The number of unbranched alkanes of at least 4 members (excludes halogenated alkanes) is 1. The van der Waals surface area contributed by atoms with Crippen LogP contribution in [0.25, 0.3) is 0 Å². The van der Waals surface area contributed by atoms with E-state index in [2.05, 4.69) is 29.0 Å². The van der Waals surface area contributed by atoms with E-state index in [4.69, 9.17) is 4.74 Å². The number of halogens is 1. The molecule has 0 spiro atoms. The topological polar surface area (TPSA) is 32.8 Å². The zero-order valence-electron chi connectivity index (χ0n) is 15.0. The van der Waals surface area contributed by atoms with Crippen molar-refractivity contribution < 1.29 is 9.53 Å². The first-order valence-electron chi connectivity index (χ1n) is 8.75. The number of rotatable bonds is 9. The van der Waals surface area contributed by atoms with Crippen LogP contribution in [0.15, 0.2) is 24.3 Å². The zero-order valence-corrected chi connectivity index (χ0v) is 15.8. The summed E-state index contributed by atoms with van der Waals surface area (Å²) >= 11 is 0. The standard InChI is InChI=1S/C19H30N2O2.ClH/c1-17(22)5-6-18-7-9-19(10-8-18)23-16-4-3-11-21-14-12-20(2)13-15-21;/h7-10H,3-6,11-16H2,1-2H3;1H. The third kappa shape index (κ3) is 8.13. The fraction of sp³-hybridized carbons (Fsp3) is 0.632. The lowest BCUT2D eigenvalue weighted by molar-refractivity contribution is -0.116. The van der Waals surface area contributed by atoms with E-state index < -0.39 is 0 Å². The first kappa shape index (κ1) is 20.9. The Hall–Kier alpha value is -1.10. The van der Waals surface area contributed by atoms with Crippen molar-refractivity contribution in [1.29, 1.82) is 0 Å². The van der Waals surface area contributed by atoms with Crippen molar-refractivity contribution >= 4 is 18.2 Å². The Kier molecular flexibility index (Phi) is 9.99. The fourth-order valence-electron chi connectivity index (χ4n) is 2.77. The molecule has 0 radical (unpaired) electrons. The van der Waals surface area contributed by atoms with E-state index in [1.165, 1.54) is 44.7 Å². The van der Waals surface area contributed by atoms with Gasteiger partial charge >= 0.3 is 0 Å². The van der Waals surface area contributed by atoms with Gasteiger partial charge in [0.25, 0.3) is 0 Å². The summed E-state index contributed by atoms with van der Waals surface area (Å²) in [5.41, 5.74) is 1.20. The first-order valence-corrected chi connectivity index (χ1v) is 8.75. The molecule has 136 valence electrons. The minimum Gasteiger partial charge on any atom is -0.494 e. The molecule has 0 saturated carbocycles. The summed E-state index contributed by atoms with van der Waals surface area (Å²) < 4.78 is 5.80. The van der Waals surface area contributed by atoms with Gasteiger partial charge < -0.3 is 19.3 Å². The van der Waals surface area contributed by atoms with Crippen molar-refractivity contribution in [3.05, 3.63) is 29.8 Å². The van der Waals surface area contributed by atoms with Crippen molar-refractivity contribution in [1.82, 2.24) is 9.80 Å². The summed E-state index contributed by atoms with van der Waals surface area (Å²) in [6, 6.07) is 8.14. The second kappa shape index (κ2) is 11.5. The smallest absolute Gasteiger partial charge is 0.130 e. The summed E-state index contributed by atoms with van der Waals surface area (Å²) in [6.45, 7) is 8.36. The molecule has 1 aliphatic heterocycles. The van der Waals surface area contributed by atoms with Crippen LogP contribution in [0, 0.1) is 0 Å². The molecular formula is C19H31ClN2O2. The lowest BCUT2D eigenvalue weighted by Gasteiger charge is -2.32. The number of carbonyl (C=O) groups is 1. The number of Topliss-reactive ketones (excluding diaryl/α,β-unsaturated/α-hetero) is 1. The molecule has 2 rings (SSSR count). The average molecular weight is 355 g/mol. The number of nitrogens with zero attached hydrogens (tertiary/aromatic N) is 2. The molecule has 0 aliphatic carbocycles. The Bertz CT molecular complexity index is 471. The maximum Gasteiger partial charge on any atom is 0.130 e. The van der Waals surface area contributed by atoms with Crippen molar-refractivity contribution in [2.24, 2.45) is 0 Å². The number of benzene rings is 1. The quantitative estimate of drug-likeness (QED) is 0.638. The van der Waals surface area contributed by atoms with Crippen LogP contribution in [-0.4, -0.2) is 62.0 Å². The summed E-state index contributed by atoms with van der Waals surface area (Å²) in [6.07, 6.45) is 3.73. The van der Waals surface area contributed by atoms with Gasteiger partial charge in [-0.25, -0.2) is 0 Å². The van der Waals surface area contributed by atoms with Crippen LogP contribution in [0.1, 0.15) is 31.7 Å². The molecule has 24 heavy (non-hydrogen) atoms. The number of piperazine rings is 1. The van der Waals surface area contributed by atoms with Gasteiger partial charge in [-0.1, -0.05) is 12.1 Å². The van der Waals surface area contributed by atoms with Crippen LogP contribution in [-0.2, 0) is 11.2 Å². The predicted octanol–water partition coefficient (Wildman–Crippen LogP) is 3.04. The number of likely N-dealkylation sites (N-methyl/N-ethyl adjacent to an activating group) is 1. The highest BCUT2D eigenvalue weighted by Gasteiger charge is 2.12. The molecule has 1 aromatic carbocycles. The molecule has 0 amide bonds. The van der Waals surface area contributed by atoms with Crippen LogP contribution in [0.3, 0.4) is 0 Å². The molecule has 5 heteroatoms. The minimum absolute atomic E-state index is 0. The van der Waals surface area contributed by atoms with Gasteiger partial charge in [0.1, 0.15) is 11.5 Å². The number of ether oxygens (including phenoxy) is 1. The summed E-state index contributed by atoms with van der Waals surface area (Å²) in [4.78, 5) is 15.9. The Morgan fingerprint density at radius 3 is 2.38 bits per heavy atom. The SMILES string of the molecule is CC(=O)CCc1ccc(OCCCCN2CCN(C)CC2)cc1.Cl. The summed E-state index contributed by atoms with van der Waals surface area (Å²) in [5, 5.41) is 0. The second-order valence-corrected chi connectivity index (χ2v) is 6.55. The molecule has 0 bridgehead atoms. The van der Waals surface area contributed by atoms with Crippen LogP contribution < -0.4 is 4.74 Å². The minimum atomic E-state index is 0. The highest BCUT2D eigenvalue weighted by molar-refractivity contribution is 5.85. The highest BCUT2D eigenvalue weighted by Crippen LogP contribution is 2.14. The summed E-state index contributed by atoms with van der Waals surface area (Å²) in [5.74, 6) is 1.17. The number of ketones is 1. The zero-order chi connectivity index (χ0) is 16.5. The second-order valence-electron chi connectivity index (χ2n) is 6.55. The van der Waals surface area contributed by atoms with E-state index in [1.807, 2.05) is 12.1 Å². The Morgan fingerprint density at radius 1 is 1.08 bits per heavy atom. The number of hydrogen-bond donors (Lipinski definition) is 0. The van der Waals surface area contributed by atoms with Gasteiger partial charge in [-0.2, -0.15) is 0 Å². The van der Waals surface area contributed by atoms with E-state index in [-0.39, 0.29) is 18.2 Å². The third-order valence-electron chi connectivity index (χ3n) is 4.42. The maximum atomic E-state index is 11.0. The molecule has 0 unspecified atom stereocenters. The van der Waals surface area contributed by atoms with Crippen molar-refractivity contribution in [3.63, 3.8) is 0 Å². The molecule has 1 saturated heterocycles. The normalized spacial score (nSPS) is 15.8. The van der Waals surface area contributed by atoms with E-state index in [0.29, 0.717) is 6.42 Å². The highest BCUT2D eigenvalue weighted by atomic mass is 35.5. The van der Waals surface area contributed by atoms with Crippen molar-refractivity contribution in [2.75, 3.05) is 46.4 Å². The van der Waals surface area contributed by atoms with Gasteiger partial charge in [-0.05, 0) is 57.5 Å². The van der Waals surface area contributed by atoms with Crippen LogP contribution in [0.4, 0.5) is 0 Å². The summed E-state index contributed by atoms with van der Waals surface area (Å²) in [7, 11) is 2.19. The molecule has 1 aromatic rings. The monoisotopic (exact) mass is 354 g/mol. The molecule has 1 heterocycles. The molecule has 0 N–H and O–H groups in total. The molecule has 1 aliphatic rings. The van der Waals surface area contributed by atoms with E-state index >= 15 is 0 Å². The van der Waals surface area contributed by atoms with E-state index in [1.54, 1.807) is 6.92 Å². The predicted molar refractivity (Wildman–Crippen MR) is 101 cm³/mol. The number of carbonyl (C=O) groups excluding carboxylic acids is 1. The lowest BCUT2D eigenvalue weighted by atomic mass is 10.1. The molecule has 1 fully saturated rings. The number of aryl methyl sites for hydroxylation is 1.